The van der Waals surface area contributed by atoms with Crippen LogP contribution in [0.25, 0.3) is 0 Å². The first-order chi connectivity index (χ1) is 7.50. The summed E-state index contributed by atoms with van der Waals surface area (Å²) >= 11 is 0. The highest BCUT2D eigenvalue weighted by Gasteiger charge is 2.14. The molecule has 0 unspecified atom stereocenters. The molecule has 1 N–H and O–H groups in total. The van der Waals surface area contributed by atoms with Gasteiger partial charge in [0.2, 0.25) is 0 Å². The zero-order chi connectivity index (χ0) is 12.1. The fraction of sp³-hybridized carbons (Fsp3) is 0.222. The molecule has 0 atom stereocenters. The highest BCUT2D eigenvalue weighted by Crippen LogP contribution is 2.20. The lowest BCUT2D eigenvalue weighted by atomic mass is 10.2. The first kappa shape index (κ1) is 12.1. The van der Waals surface area contributed by atoms with Gasteiger partial charge in [0.15, 0.2) is 0 Å². The summed E-state index contributed by atoms with van der Waals surface area (Å²) in [6.07, 6.45) is 0. The molecule has 0 heterocycles. The Morgan fingerprint density at radius 2 is 2.25 bits per heavy atom. The Balaban J connectivity index is 2.80. The molecule has 0 saturated heterocycles. The van der Waals surface area contributed by atoms with E-state index in [2.05, 4.69) is 4.74 Å². The van der Waals surface area contributed by atoms with Crippen molar-refractivity contribution < 1.29 is 24.0 Å². The van der Waals surface area contributed by atoms with Crippen molar-refractivity contribution in [3.8, 4) is 0 Å². The van der Waals surface area contributed by atoms with Gasteiger partial charge in [-0.15, -0.1) is 0 Å². The summed E-state index contributed by atoms with van der Waals surface area (Å²) in [5.74, 6) is -1.83. The van der Waals surface area contributed by atoms with Crippen molar-refractivity contribution in [1.82, 2.24) is 0 Å². The van der Waals surface area contributed by atoms with E-state index in [1.165, 1.54) is 0 Å². The summed E-state index contributed by atoms with van der Waals surface area (Å²) in [7, 11) is 0. The SMILES string of the molecule is O=C(O)COCc1cc(F)ccc1[N+](=O)[O-]. The molecule has 1 rings (SSSR count). The average molecular weight is 229 g/mol. The zero-order valence-corrected chi connectivity index (χ0v) is 8.05. The number of carboxylic acids is 1. The van der Waals surface area contributed by atoms with Crippen molar-refractivity contribution >= 4 is 11.7 Å². The number of nitrogens with zero attached hydrogens (tertiary/aromatic N) is 1. The van der Waals surface area contributed by atoms with Gasteiger partial charge in [0.25, 0.3) is 5.69 Å². The second-order valence-corrected chi connectivity index (χ2v) is 2.92. The first-order valence-corrected chi connectivity index (χ1v) is 4.23. The summed E-state index contributed by atoms with van der Waals surface area (Å²) < 4.78 is 17.5. The topological polar surface area (TPSA) is 89.7 Å². The summed E-state index contributed by atoms with van der Waals surface area (Å²) in [5, 5.41) is 18.8. The fourth-order valence-corrected chi connectivity index (χ4v) is 1.10. The standard InChI is InChI=1S/C9H8FNO5/c10-7-1-2-8(11(14)15)6(3-7)4-16-5-9(12)13/h1-3H,4-5H2,(H,12,13). The fourth-order valence-electron chi connectivity index (χ4n) is 1.10. The van der Waals surface area contributed by atoms with Crippen LogP contribution in [0.2, 0.25) is 0 Å². The van der Waals surface area contributed by atoms with Crippen molar-refractivity contribution in [2.45, 2.75) is 6.61 Å². The van der Waals surface area contributed by atoms with Crippen LogP contribution in [0.1, 0.15) is 5.56 Å². The Labute approximate surface area is 89.4 Å². The Kier molecular flexibility index (Phi) is 3.90. The van der Waals surface area contributed by atoms with Crippen molar-refractivity contribution in [1.29, 1.82) is 0 Å². The molecule has 0 aliphatic carbocycles. The quantitative estimate of drug-likeness (QED) is 0.607. The molecule has 0 saturated carbocycles. The number of benzene rings is 1. The van der Waals surface area contributed by atoms with Gasteiger partial charge in [0.1, 0.15) is 12.4 Å². The molecule has 1 aromatic rings. The van der Waals surface area contributed by atoms with Crippen LogP contribution in [0.4, 0.5) is 10.1 Å². The molecular weight excluding hydrogens is 221 g/mol. The van der Waals surface area contributed by atoms with E-state index in [0.29, 0.717) is 0 Å². The molecule has 0 aliphatic heterocycles. The predicted octanol–water partition coefficient (Wildman–Crippen LogP) is 1.34. The summed E-state index contributed by atoms with van der Waals surface area (Å²) in [6, 6.07) is 2.91. The largest absolute Gasteiger partial charge is 0.480 e. The van der Waals surface area contributed by atoms with E-state index in [1.807, 2.05) is 0 Å². The lowest BCUT2D eigenvalue weighted by molar-refractivity contribution is -0.386. The van der Waals surface area contributed by atoms with Gasteiger partial charge in [-0.1, -0.05) is 0 Å². The molecular formula is C9H8FNO5. The molecule has 7 heteroatoms. The number of ether oxygens (including phenoxy) is 1. The molecule has 1 aromatic carbocycles. The van der Waals surface area contributed by atoms with Crippen molar-refractivity contribution in [3.05, 3.63) is 39.7 Å². The molecule has 16 heavy (non-hydrogen) atoms. The van der Waals surface area contributed by atoms with Crippen LogP contribution >= 0.6 is 0 Å². The van der Waals surface area contributed by atoms with Crippen molar-refractivity contribution in [2.24, 2.45) is 0 Å². The van der Waals surface area contributed by atoms with E-state index < -0.39 is 23.3 Å². The number of carboxylic acid groups (broad SMARTS) is 1. The van der Waals surface area contributed by atoms with Crippen LogP contribution in [0.5, 0.6) is 0 Å². The van der Waals surface area contributed by atoms with Gasteiger partial charge in [-0.2, -0.15) is 0 Å². The van der Waals surface area contributed by atoms with E-state index >= 15 is 0 Å². The number of rotatable bonds is 5. The van der Waals surface area contributed by atoms with Crippen molar-refractivity contribution in [2.75, 3.05) is 6.61 Å². The summed E-state index contributed by atoms with van der Waals surface area (Å²) in [5.41, 5.74) is -0.293. The van der Waals surface area contributed by atoms with Gasteiger partial charge in [0, 0.05) is 6.07 Å². The molecule has 0 aromatic heterocycles. The number of halogens is 1. The van der Waals surface area contributed by atoms with E-state index in [1.54, 1.807) is 0 Å². The van der Waals surface area contributed by atoms with Crippen LogP contribution in [0, 0.1) is 15.9 Å². The maximum Gasteiger partial charge on any atom is 0.329 e. The second-order valence-electron chi connectivity index (χ2n) is 2.92. The van der Waals surface area contributed by atoms with E-state index in [4.69, 9.17) is 5.11 Å². The molecule has 0 aliphatic rings. The molecule has 0 radical (unpaired) electrons. The maximum absolute atomic E-state index is 12.8. The highest BCUT2D eigenvalue weighted by atomic mass is 19.1. The Morgan fingerprint density at radius 1 is 1.56 bits per heavy atom. The number of nitro groups is 1. The van der Waals surface area contributed by atoms with Gasteiger partial charge >= 0.3 is 5.97 Å². The van der Waals surface area contributed by atoms with Crippen LogP contribution in [-0.4, -0.2) is 22.6 Å². The smallest absolute Gasteiger partial charge is 0.329 e. The highest BCUT2D eigenvalue weighted by molar-refractivity contribution is 5.68. The van der Waals surface area contributed by atoms with Gasteiger partial charge in [-0.3, -0.25) is 10.1 Å². The van der Waals surface area contributed by atoms with Crippen molar-refractivity contribution in [3.63, 3.8) is 0 Å². The normalized spacial score (nSPS) is 10.1. The van der Waals surface area contributed by atoms with Gasteiger partial charge in [0.05, 0.1) is 17.1 Å². The van der Waals surface area contributed by atoms with Crippen LogP contribution in [0.15, 0.2) is 18.2 Å². The van der Waals surface area contributed by atoms with E-state index in [-0.39, 0.29) is 17.9 Å². The van der Waals surface area contributed by atoms with Gasteiger partial charge in [-0.25, -0.2) is 9.18 Å². The zero-order valence-electron chi connectivity index (χ0n) is 8.05. The molecule has 86 valence electrons. The third-order valence-corrected chi connectivity index (χ3v) is 1.72. The summed E-state index contributed by atoms with van der Waals surface area (Å²) in [6.45, 7) is -0.909. The molecule has 0 bridgehead atoms. The minimum atomic E-state index is -1.20. The Bertz CT molecular complexity index is 420. The average Bonchev–Trinajstić information content (AvgIpc) is 2.16. The Hall–Kier alpha value is -2.02. The molecule has 0 spiro atoms. The molecule has 6 nitrogen and oxygen atoms in total. The number of hydrogen-bond donors (Lipinski definition) is 1. The lowest BCUT2D eigenvalue weighted by Crippen LogP contribution is -2.07. The first-order valence-electron chi connectivity index (χ1n) is 4.23. The van der Waals surface area contributed by atoms with Crippen LogP contribution in [-0.2, 0) is 16.1 Å². The number of hydrogen-bond acceptors (Lipinski definition) is 4. The monoisotopic (exact) mass is 229 g/mol. The Morgan fingerprint density at radius 3 is 2.81 bits per heavy atom. The second kappa shape index (κ2) is 5.17. The number of carbonyl (C=O) groups is 1. The van der Waals surface area contributed by atoms with E-state index in [0.717, 1.165) is 18.2 Å². The minimum absolute atomic E-state index is 0.00579. The van der Waals surface area contributed by atoms with Gasteiger partial charge < -0.3 is 9.84 Å². The van der Waals surface area contributed by atoms with Crippen LogP contribution in [0.3, 0.4) is 0 Å². The van der Waals surface area contributed by atoms with Crippen LogP contribution < -0.4 is 0 Å². The molecule has 0 fully saturated rings. The van der Waals surface area contributed by atoms with Gasteiger partial charge in [-0.05, 0) is 12.1 Å². The van der Waals surface area contributed by atoms with E-state index in [9.17, 15) is 19.3 Å². The maximum atomic E-state index is 12.8. The number of aliphatic carboxylic acids is 1. The lowest BCUT2D eigenvalue weighted by Gasteiger charge is -2.03. The number of nitro benzene ring substituents is 1. The predicted molar refractivity (Wildman–Crippen MR) is 50.3 cm³/mol. The summed E-state index contributed by atoms with van der Waals surface area (Å²) in [4.78, 5) is 20.0. The third kappa shape index (κ3) is 3.28. The molecule has 0 amide bonds. The minimum Gasteiger partial charge on any atom is -0.480 e. The third-order valence-electron chi connectivity index (χ3n) is 1.72.